The van der Waals surface area contributed by atoms with Gasteiger partial charge in [0.1, 0.15) is 0 Å². The molecule has 0 radical (unpaired) electrons. The standard InChI is InChI=1S/C16H23N3O/c17-10-15-9-13(5-7-18-15)16(20)19-8-6-12-3-1-2-4-14(12)11-19/h5,7,9,12,14H,1-4,6,8,10-11,17H2. The molecule has 1 aliphatic carbocycles. The molecule has 2 unspecified atom stereocenters. The number of likely N-dealkylation sites (tertiary alicyclic amines) is 1. The van der Waals surface area contributed by atoms with Gasteiger partial charge in [0.25, 0.3) is 5.91 Å². The fourth-order valence-electron chi connectivity index (χ4n) is 3.69. The average Bonchev–Trinajstić information content (AvgIpc) is 2.53. The minimum atomic E-state index is 0.145. The van der Waals surface area contributed by atoms with Gasteiger partial charge < -0.3 is 10.6 Å². The van der Waals surface area contributed by atoms with Crippen LogP contribution in [0.4, 0.5) is 0 Å². The fourth-order valence-corrected chi connectivity index (χ4v) is 3.69. The lowest BCUT2D eigenvalue weighted by Crippen LogP contribution is -2.44. The van der Waals surface area contributed by atoms with Crippen molar-refractivity contribution in [3.05, 3.63) is 29.6 Å². The van der Waals surface area contributed by atoms with E-state index in [0.29, 0.717) is 6.54 Å². The molecule has 0 bridgehead atoms. The monoisotopic (exact) mass is 273 g/mol. The van der Waals surface area contributed by atoms with E-state index in [1.165, 1.54) is 32.1 Å². The molecule has 4 heteroatoms. The molecule has 1 amide bonds. The minimum absolute atomic E-state index is 0.145. The van der Waals surface area contributed by atoms with E-state index >= 15 is 0 Å². The molecule has 0 spiro atoms. The lowest BCUT2D eigenvalue weighted by atomic mass is 9.75. The van der Waals surface area contributed by atoms with Gasteiger partial charge in [0.2, 0.25) is 0 Å². The van der Waals surface area contributed by atoms with Crippen LogP contribution in [0.1, 0.15) is 48.2 Å². The maximum absolute atomic E-state index is 12.6. The van der Waals surface area contributed by atoms with Crippen LogP contribution in [-0.2, 0) is 6.54 Å². The van der Waals surface area contributed by atoms with Crippen molar-refractivity contribution >= 4 is 5.91 Å². The van der Waals surface area contributed by atoms with Gasteiger partial charge in [0.05, 0.1) is 5.69 Å². The van der Waals surface area contributed by atoms with Crippen LogP contribution < -0.4 is 5.73 Å². The van der Waals surface area contributed by atoms with Crippen molar-refractivity contribution in [3.8, 4) is 0 Å². The predicted octanol–water partition coefficient (Wildman–Crippen LogP) is 2.19. The first kappa shape index (κ1) is 13.6. The van der Waals surface area contributed by atoms with Gasteiger partial charge in [-0.05, 0) is 36.8 Å². The first-order valence-electron chi connectivity index (χ1n) is 7.72. The van der Waals surface area contributed by atoms with Gasteiger partial charge in [-0.1, -0.05) is 19.3 Å². The van der Waals surface area contributed by atoms with Crippen LogP contribution in [0, 0.1) is 11.8 Å². The Hall–Kier alpha value is -1.42. The lowest BCUT2D eigenvalue weighted by molar-refractivity contribution is 0.0520. The maximum atomic E-state index is 12.6. The Balaban J connectivity index is 1.70. The number of piperidine rings is 1. The van der Waals surface area contributed by atoms with Crippen LogP contribution in [0.5, 0.6) is 0 Å². The summed E-state index contributed by atoms with van der Waals surface area (Å²) in [6.45, 7) is 2.22. The number of amides is 1. The second-order valence-electron chi connectivity index (χ2n) is 6.08. The van der Waals surface area contributed by atoms with Gasteiger partial charge in [-0.2, -0.15) is 0 Å². The smallest absolute Gasteiger partial charge is 0.253 e. The van der Waals surface area contributed by atoms with Gasteiger partial charge >= 0.3 is 0 Å². The molecule has 0 aromatic carbocycles. The Bertz CT molecular complexity index is 488. The molecule has 3 rings (SSSR count). The van der Waals surface area contributed by atoms with Gasteiger partial charge in [-0.15, -0.1) is 0 Å². The first-order chi connectivity index (χ1) is 9.78. The summed E-state index contributed by atoms with van der Waals surface area (Å²) in [7, 11) is 0. The zero-order valence-electron chi connectivity index (χ0n) is 11.9. The molecule has 1 saturated heterocycles. The van der Waals surface area contributed by atoms with Crippen molar-refractivity contribution in [2.45, 2.75) is 38.6 Å². The van der Waals surface area contributed by atoms with E-state index in [1.54, 1.807) is 12.3 Å². The number of nitrogens with two attached hydrogens (primary N) is 1. The summed E-state index contributed by atoms with van der Waals surface area (Å²) in [5.74, 6) is 1.72. The van der Waals surface area contributed by atoms with Gasteiger partial charge in [0, 0.05) is 31.4 Å². The van der Waals surface area contributed by atoms with Gasteiger partial charge in [-0.3, -0.25) is 9.78 Å². The van der Waals surface area contributed by atoms with Crippen molar-refractivity contribution in [2.75, 3.05) is 13.1 Å². The highest BCUT2D eigenvalue weighted by atomic mass is 16.2. The van der Waals surface area contributed by atoms with Crippen molar-refractivity contribution < 1.29 is 4.79 Å². The highest BCUT2D eigenvalue weighted by Gasteiger charge is 2.33. The zero-order chi connectivity index (χ0) is 13.9. The van der Waals surface area contributed by atoms with Crippen molar-refractivity contribution in [3.63, 3.8) is 0 Å². The second-order valence-corrected chi connectivity index (χ2v) is 6.08. The Morgan fingerprint density at radius 1 is 1.30 bits per heavy atom. The quantitative estimate of drug-likeness (QED) is 0.898. The molecule has 1 aromatic heterocycles. The van der Waals surface area contributed by atoms with E-state index in [1.807, 2.05) is 11.0 Å². The van der Waals surface area contributed by atoms with Crippen LogP contribution in [0.3, 0.4) is 0 Å². The molecule has 2 heterocycles. The number of rotatable bonds is 2. The third-order valence-electron chi connectivity index (χ3n) is 4.85. The lowest BCUT2D eigenvalue weighted by Gasteiger charge is -2.41. The van der Waals surface area contributed by atoms with Crippen LogP contribution in [0.25, 0.3) is 0 Å². The van der Waals surface area contributed by atoms with Gasteiger partial charge in [-0.25, -0.2) is 0 Å². The summed E-state index contributed by atoms with van der Waals surface area (Å²) in [6, 6.07) is 3.63. The molecule has 20 heavy (non-hydrogen) atoms. The molecule has 1 aromatic rings. The fraction of sp³-hybridized carbons (Fsp3) is 0.625. The van der Waals surface area contributed by atoms with Crippen LogP contribution in [0.15, 0.2) is 18.3 Å². The molecule has 2 aliphatic rings. The summed E-state index contributed by atoms with van der Waals surface area (Å²) in [5.41, 5.74) is 7.11. The Morgan fingerprint density at radius 2 is 2.10 bits per heavy atom. The first-order valence-corrected chi connectivity index (χ1v) is 7.72. The van der Waals surface area contributed by atoms with Crippen LogP contribution >= 0.6 is 0 Å². The number of carbonyl (C=O) groups is 1. The number of hydrogen-bond donors (Lipinski definition) is 1. The second kappa shape index (κ2) is 5.92. The summed E-state index contributed by atoms with van der Waals surface area (Å²) in [4.78, 5) is 18.8. The molecule has 2 N–H and O–H groups in total. The number of hydrogen-bond acceptors (Lipinski definition) is 3. The number of pyridine rings is 1. The molecule has 2 fully saturated rings. The maximum Gasteiger partial charge on any atom is 0.253 e. The number of carbonyl (C=O) groups excluding carboxylic acids is 1. The molecule has 1 aliphatic heterocycles. The normalized spacial score (nSPS) is 26.1. The number of fused-ring (bicyclic) bond motifs is 1. The van der Waals surface area contributed by atoms with Crippen molar-refractivity contribution in [2.24, 2.45) is 17.6 Å². The van der Waals surface area contributed by atoms with Crippen LogP contribution in [-0.4, -0.2) is 28.9 Å². The average molecular weight is 273 g/mol. The third-order valence-corrected chi connectivity index (χ3v) is 4.85. The molecule has 4 nitrogen and oxygen atoms in total. The molecular weight excluding hydrogens is 250 g/mol. The number of aromatic nitrogens is 1. The Labute approximate surface area is 120 Å². The SMILES string of the molecule is NCc1cc(C(=O)N2CCC3CCCCC3C2)ccn1. The van der Waals surface area contributed by atoms with E-state index in [0.717, 1.165) is 36.2 Å². The van der Waals surface area contributed by atoms with E-state index < -0.39 is 0 Å². The molecule has 2 atom stereocenters. The van der Waals surface area contributed by atoms with Crippen molar-refractivity contribution in [1.82, 2.24) is 9.88 Å². The summed E-state index contributed by atoms with van der Waals surface area (Å²) in [5, 5.41) is 0. The summed E-state index contributed by atoms with van der Waals surface area (Å²) in [6.07, 6.45) is 8.21. The largest absolute Gasteiger partial charge is 0.338 e. The highest BCUT2D eigenvalue weighted by molar-refractivity contribution is 5.94. The van der Waals surface area contributed by atoms with E-state index in [9.17, 15) is 4.79 Å². The Kier molecular flexibility index (Phi) is 4.01. The summed E-state index contributed by atoms with van der Waals surface area (Å²) < 4.78 is 0. The Morgan fingerprint density at radius 3 is 2.90 bits per heavy atom. The summed E-state index contributed by atoms with van der Waals surface area (Å²) >= 11 is 0. The van der Waals surface area contributed by atoms with Crippen molar-refractivity contribution in [1.29, 1.82) is 0 Å². The van der Waals surface area contributed by atoms with Crippen LogP contribution in [0.2, 0.25) is 0 Å². The molecule has 1 saturated carbocycles. The highest BCUT2D eigenvalue weighted by Crippen LogP contribution is 2.36. The predicted molar refractivity (Wildman–Crippen MR) is 78.1 cm³/mol. The minimum Gasteiger partial charge on any atom is -0.338 e. The third kappa shape index (κ3) is 2.70. The molecular formula is C16H23N3O. The van der Waals surface area contributed by atoms with Gasteiger partial charge in [0.15, 0.2) is 0 Å². The zero-order valence-corrected chi connectivity index (χ0v) is 11.9. The number of nitrogens with zero attached hydrogens (tertiary/aromatic N) is 2. The topological polar surface area (TPSA) is 59.2 Å². The van der Waals surface area contributed by atoms with E-state index in [-0.39, 0.29) is 5.91 Å². The molecule has 108 valence electrons. The van der Waals surface area contributed by atoms with E-state index in [4.69, 9.17) is 5.73 Å². The van der Waals surface area contributed by atoms with E-state index in [2.05, 4.69) is 4.98 Å².